The van der Waals surface area contributed by atoms with Crippen molar-refractivity contribution in [1.29, 1.82) is 0 Å². The summed E-state index contributed by atoms with van der Waals surface area (Å²) in [5.74, 6) is 2.26. The van der Waals surface area contributed by atoms with Gasteiger partial charge in [0, 0.05) is 11.3 Å². The molecule has 0 saturated carbocycles. The summed E-state index contributed by atoms with van der Waals surface area (Å²) in [7, 11) is 5.42. The van der Waals surface area contributed by atoms with Gasteiger partial charge < -0.3 is 19.4 Å². The van der Waals surface area contributed by atoms with Crippen molar-refractivity contribution in [3.05, 3.63) is 50.4 Å². The standard InChI is InChI=1S/C21H25N3O3S/c1-24(10-9-13-7-8-15(26-2)16(11-13)27-3)12-18-22-20(25)19-14-5-4-6-17(14)28-21(19)23-18/h7-8,11H,4-6,9-10,12H2,1-3H3,(H,22,23,25)/p+1. The lowest BCUT2D eigenvalue weighted by molar-refractivity contribution is -0.894. The zero-order valence-electron chi connectivity index (χ0n) is 16.6. The molecule has 1 aliphatic carbocycles. The Bertz CT molecular complexity index is 1060. The number of rotatable bonds is 7. The van der Waals surface area contributed by atoms with Crippen LogP contribution in [0.3, 0.4) is 0 Å². The first-order valence-electron chi connectivity index (χ1n) is 9.64. The second-order valence-electron chi connectivity index (χ2n) is 7.37. The minimum atomic E-state index is 0.0205. The molecule has 0 aliphatic heterocycles. The van der Waals surface area contributed by atoms with Crippen LogP contribution in [-0.4, -0.2) is 37.8 Å². The number of H-pyrrole nitrogens is 1. The van der Waals surface area contributed by atoms with E-state index in [1.54, 1.807) is 25.6 Å². The molecule has 1 atom stereocenters. The highest BCUT2D eigenvalue weighted by molar-refractivity contribution is 7.18. The molecule has 6 nitrogen and oxygen atoms in total. The molecule has 2 N–H and O–H groups in total. The number of benzene rings is 1. The quantitative estimate of drug-likeness (QED) is 0.634. The van der Waals surface area contributed by atoms with Gasteiger partial charge in [-0.2, -0.15) is 0 Å². The van der Waals surface area contributed by atoms with Crippen LogP contribution in [0.4, 0.5) is 0 Å². The van der Waals surface area contributed by atoms with Crippen LogP contribution in [-0.2, 0) is 25.8 Å². The number of thiophene rings is 1. The molecule has 28 heavy (non-hydrogen) atoms. The zero-order chi connectivity index (χ0) is 19.7. The molecule has 0 amide bonds. The first kappa shape index (κ1) is 19.0. The summed E-state index contributed by atoms with van der Waals surface area (Å²) in [6.45, 7) is 1.62. The van der Waals surface area contributed by atoms with Crippen LogP contribution in [0, 0.1) is 0 Å². The number of nitrogens with one attached hydrogen (secondary N) is 2. The fourth-order valence-electron chi connectivity index (χ4n) is 3.90. The maximum atomic E-state index is 12.6. The number of nitrogens with zero attached hydrogens (tertiary/aromatic N) is 1. The lowest BCUT2D eigenvalue weighted by Gasteiger charge is -2.14. The van der Waals surface area contributed by atoms with Crippen molar-refractivity contribution in [2.75, 3.05) is 27.8 Å². The van der Waals surface area contributed by atoms with Crippen molar-refractivity contribution >= 4 is 21.6 Å². The Balaban J connectivity index is 1.44. The summed E-state index contributed by atoms with van der Waals surface area (Å²) in [6.07, 6.45) is 4.16. The lowest BCUT2D eigenvalue weighted by Crippen LogP contribution is -3.08. The molecule has 7 heteroatoms. The van der Waals surface area contributed by atoms with Crippen LogP contribution in [0.2, 0.25) is 0 Å². The Morgan fingerprint density at radius 2 is 2.04 bits per heavy atom. The Morgan fingerprint density at radius 1 is 1.21 bits per heavy atom. The normalized spacial score (nSPS) is 14.2. The second kappa shape index (κ2) is 7.93. The van der Waals surface area contributed by atoms with E-state index in [-0.39, 0.29) is 5.56 Å². The van der Waals surface area contributed by atoms with Crippen molar-refractivity contribution in [3.8, 4) is 11.5 Å². The molecular weight excluding hydrogens is 374 g/mol. The van der Waals surface area contributed by atoms with Crippen LogP contribution >= 0.6 is 11.3 Å². The average molecular weight is 401 g/mol. The molecule has 0 saturated heterocycles. The Morgan fingerprint density at radius 3 is 2.82 bits per heavy atom. The van der Waals surface area contributed by atoms with Crippen LogP contribution in [0.25, 0.3) is 10.2 Å². The minimum Gasteiger partial charge on any atom is -0.493 e. The van der Waals surface area contributed by atoms with E-state index in [0.29, 0.717) is 6.54 Å². The lowest BCUT2D eigenvalue weighted by atomic mass is 10.1. The molecule has 3 aromatic rings. The zero-order valence-corrected chi connectivity index (χ0v) is 17.4. The van der Waals surface area contributed by atoms with E-state index in [2.05, 4.69) is 18.1 Å². The summed E-state index contributed by atoms with van der Waals surface area (Å²) in [5.41, 5.74) is 2.45. The number of fused-ring (bicyclic) bond motifs is 3. The highest BCUT2D eigenvalue weighted by Crippen LogP contribution is 2.34. The van der Waals surface area contributed by atoms with Gasteiger partial charge >= 0.3 is 0 Å². The largest absolute Gasteiger partial charge is 0.493 e. The van der Waals surface area contributed by atoms with Gasteiger partial charge in [-0.05, 0) is 42.5 Å². The Kier molecular flexibility index (Phi) is 5.37. The van der Waals surface area contributed by atoms with Gasteiger partial charge in [0.15, 0.2) is 17.3 Å². The highest BCUT2D eigenvalue weighted by atomic mass is 32.1. The maximum absolute atomic E-state index is 12.6. The van der Waals surface area contributed by atoms with Crippen molar-refractivity contribution < 1.29 is 14.4 Å². The summed E-state index contributed by atoms with van der Waals surface area (Å²) in [5, 5.41) is 0.823. The molecule has 148 valence electrons. The average Bonchev–Trinajstić information content (AvgIpc) is 3.26. The van der Waals surface area contributed by atoms with Crippen molar-refractivity contribution in [1.82, 2.24) is 9.97 Å². The molecule has 4 rings (SSSR count). The fraction of sp³-hybridized carbons (Fsp3) is 0.429. The molecule has 0 radical (unpaired) electrons. The summed E-state index contributed by atoms with van der Waals surface area (Å²) >= 11 is 1.69. The number of methoxy groups -OCH3 is 2. The molecule has 2 heterocycles. The van der Waals surface area contributed by atoms with E-state index in [9.17, 15) is 4.79 Å². The number of ether oxygens (including phenoxy) is 2. The van der Waals surface area contributed by atoms with Gasteiger partial charge in [0.1, 0.15) is 11.4 Å². The minimum absolute atomic E-state index is 0.0205. The van der Waals surface area contributed by atoms with Crippen LogP contribution in [0.15, 0.2) is 23.0 Å². The molecular formula is C21H26N3O3S+. The molecule has 1 aliphatic rings. The number of aryl methyl sites for hydroxylation is 2. The molecule has 1 unspecified atom stereocenters. The third kappa shape index (κ3) is 3.64. The number of aromatic amines is 1. The fourth-order valence-corrected chi connectivity index (χ4v) is 5.18. The molecule has 1 aromatic carbocycles. The predicted octanol–water partition coefficient (Wildman–Crippen LogP) is 1.75. The van der Waals surface area contributed by atoms with Gasteiger partial charge in [-0.25, -0.2) is 4.98 Å². The van der Waals surface area contributed by atoms with E-state index in [0.717, 1.165) is 59.8 Å². The Hall–Kier alpha value is -2.38. The second-order valence-corrected chi connectivity index (χ2v) is 8.46. The number of hydrogen-bond acceptors (Lipinski definition) is 5. The summed E-state index contributed by atoms with van der Waals surface area (Å²) in [6, 6.07) is 6.02. The first-order chi connectivity index (χ1) is 13.6. The SMILES string of the molecule is COc1ccc(CC[NH+](C)Cc2nc3sc4c(c3c(=O)[nH]2)CCC4)cc1OC. The van der Waals surface area contributed by atoms with Gasteiger partial charge in [-0.3, -0.25) is 4.79 Å². The van der Waals surface area contributed by atoms with Crippen molar-refractivity contribution in [2.24, 2.45) is 0 Å². The molecule has 0 fully saturated rings. The topological polar surface area (TPSA) is 68.7 Å². The summed E-state index contributed by atoms with van der Waals surface area (Å²) < 4.78 is 10.7. The predicted molar refractivity (Wildman–Crippen MR) is 111 cm³/mol. The number of quaternary nitrogens is 1. The molecule has 0 spiro atoms. The highest BCUT2D eigenvalue weighted by Gasteiger charge is 2.21. The van der Waals surface area contributed by atoms with Crippen LogP contribution < -0.4 is 19.9 Å². The van der Waals surface area contributed by atoms with E-state index >= 15 is 0 Å². The Labute approximate surface area is 168 Å². The third-order valence-corrected chi connectivity index (χ3v) is 6.57. The van der Waals surface area contributed by atoms with Crippen LogP contribution in [0.5, 0.6) is 11.5 Å². The van der Waals surface area contributed by atoms with Gasteiger partial charge in [-0.15, -0.1) is 11.3 Å². The van der Waals surface area contributed by atoms with Gasteiger partial charge in [0.25, 0.3) is 5.56 Å². The number of aromatic nitrogens is 2. The van der Waals surface area contributed by atoms with Crippen LogP contribution in [0.1, 0.15) is 28.2 Å². The molecule has 2 aromatic heterocycles. The van der Waals surface area contributed by atoms with E-state index in [4.69, 9.17) is 14.5 Å². The van der Waals surface area contributed by atoms with Crippen molar-refractivity contribution in [2.45, 2.75) is 32.2 Å². The summed E-state index contributed by atoms with van der Waals surface area (Å²) in [4.78, 5) is 23.9. The monoisotopic (exact) mass is 400 g/mol. The number of likely N-dealkylation sites (N-methyl/N-ethyl adjacent to an activating group) is 1. The third-order valence-electron chi connectivity index (χ3n) is 5.38. The van der Waals surface area contributed by atoms with Gasteiger partial charge in [0.2, 0.25) is 0 Å². The van der Waals surface area contributed by atoms with E-state index in [1.807, 2.05) is 12.1 Å². The molecule has 0 bridgehead atoms. The maximum Gasteiger partial charge on any atom is 0.260 e. The van der Waals surface area contributed by atoms with E-state index in [1.165, 1.54) is 20.9 Å². The van der Waals surface area contributed by atoms with Gasteiger partial charge in [0.05, 0.1) is 33.2 Å². The first-order valence-corrected chi connectivity index (χ1v) is 10.5. The number of hydrogen-bond donors (Lipinski definition) is 2. The van der Waals surface area contributed by atoms with E-state index < -0.39 is 0 Å². The van der Waals surface area contributed by atoms with Gasteiger partial charge in [-0.1, -0.05) is 6.07 Å². The smallest absolute Gasteiger partial charge is 0.260 e. The van der Waals surface area contributed by atoms with Crippen molar-refractivity contribution in [3.63, 3.8) is 0 Å².